The molecule has 182 valence electrons. The highest BCUT2D eigenvalue weighted by atomic mass is 19.4. The van der Waals surface area contributed by atoms with Gasteiger partial charge >= 0.3 is 6.18 Å². The third kappa shape index (κ3) is 5.11. The van der Waals surface area contributed by atoms with Gasteiger partial charge in [-0.2, -0.15) is 23.3 Å². The molecule has 1 N–H and O–H groups in total. The number of nitrogens with zero attached hydrogens (tertiary/aromatic N) is 5. The van der Waals surface area contributed by atoms with Crippen molar-refractivity contribution in [3.8, 4) is 11.3 Å². The molecule has 0 amide bonds. The standard InChI is InChI=1S/C24H29F3N6O/c25-24(26,27)10-11-28-23-29-16-20-21(31-33(22(20)30-23)19-4-2-1-3-5-19)17-6-8-18(9-7-17)32-12-14-34-15-13-32/h6-9,16,19H,1-5,10-15H2,(H,28,29,30). The fraction of sp³-hybridized carbons (Fsp3) is 0.542. The van der Waals surface area contributed by atoms with Crippen molar-refractivity contribution in [1.82, 2.24) is 19.7 Å². The molecular weight excluding hydrogens is 445 g/mol. The zero-order chi connectivity index (χ0) is 23.5. The summed E-state index contributed by atoms with van der Waals surface area (Å²) >= 11 is 0. The van der Waals surface area contributed by atoms with E-state index in [-0.39, 0.29) is 18.5 Å². The van der Waals surface area contributed by atoms with Crippen LogP contribution in [-0.2, 0) is 4.74 Å². The number of morpholine rings is 1. The fourth-order valence-corrected chi connectivity index (χ4v) is 4.77. The van der Waals surface area contributed by atoms with Gasteiger partial charge in [-0.15, -0.1) is 0 Å². The van der Waals surface area contributed by atoms with Crippen molar-refractivity contribution in [2.45, 2.75) is 50.7 Å². The smallest absolute Gasteiger partial charge is 0.378 e. The summed E-state index contributed by atoms with van der Waals surface area (Å²) in [6.45, 7) is 2.94. The van der Waals surface area contributed by atoms with Crippen LogP contribution in [0.15, 0.2) is 30.5 Å². The predicted molar refractivity (Wildman–Crippen MR) is 125 cm³/mol. The Morgan fingerprint density at radius 2 is 1.76 bits per heavy atom. The van der Waals surface area contributed by atoms with Gasteiger partial charge in [0.2, 0.25) is 5.95 Å². The van der Waals surface area contributed by atoms with E-state index in [1.54, 1.807) is 6.20 Å². The molecule has 2 fully saturated rings. The molecule has 0 unspecified atom stereocenters. The van der Waals surface area contributed by atoms with E-state index in [1.807, 2.05) is 4.68 Å². The van der Waals surface area contributed by atoms with Crippen molar-refractivity contribution in [3.05, 3.63) is 30.5 Å². The highest BCUT2D eigenvalue weighted by Crippen LogP contribution is 2.35. The molecule has 0 spiro atoms. The second kappa shape index (κ2) is 9.77. The second-order valence-corrected chi connectivity index (χ2v) is 8.95. The minimum atomic E-state index is -4.22. The van der Waals surface area contributed by atoms with Gasteiger partial charge in [-0.25, -0.2) is 9.67 Å². The topological polar surface area (TPSA) is 68.1 Å². The molecule has 1 aromatic carbocycles. The third-order valence-corrected chi connectivity index (χ3v) is 6.58. The van der Waals surface area contributed by atoms with Crippen molar-refractivity contribution in [2.24, 2.45) is 0 Å². The van der Waals surface area contributed by atoms with E-state index in [2.05, 4.69) is 44.5 Å². The van der Waals surface area contributed by atoms with Crippen molar-refractivity contribution in [3.63, 3.8) is 0 Å². The Hall–Kier alpha value is -2.88. The minimum absolute atomic E-state index is 0.197. The molecule has 1 aliphatic carbocycles. The Bertz CT molecular complexity index is 1100. The van der Waals surface area contributed by atoms with Gasteiger partial charge in [0.15, 0.2) is 5.65 Å². The second-order valence-electron chi connectivity index (χ2n) is 8.95. The number of nitrogens with one attached hydrogen (secondary N) is 1. The van der Waals surface area contributed by atoms with Gasteiger partial charge in [0.05, 0.1) is 31.1 Å². The van der Waals surface area contributed by atoms with Gasteiger partial charge in [0, 0.05) is 37.1 Å². The monoisotopic (exact) mass is 474 g/mol. The first-order chi connectivity index (χ1) is 16.5. The van der Waals surface area contributed by atoms with E-state index in [1.165, 1.54) is 6.42 Å². The SMILES string of the molecule is FC(F)(F)CCNc1ncc2c(-c3ccc(N4CCOCC4)cc3)nn(C3CCCCC3)c2n1. The molecule has 5 rings (SSSR count). The number of anilines is 2. The average molecular weight is 475 g/mol. The number of fused-ring (bicyclic) bond motifs is 1. The van der Waals surface area contributed by atoms with Crippen molar-refractivity contribution >= 4 is 22.7 Å². The molecule has 1 saturated carbocycles. The summed E-state index contributed by atoms with van der Waals surface area (Å²) in [7, 11) is 0. The summed E-state index contributed by atoms with van der Waals surface area (Å²) in [5, 5.41) is 8.49. The summed E-state index contributed by atoms with van der Waals surface area (Å²) in [6, 6.07) is 8.55. The van der Waals surface area contributed by atoms with Gasteiger partial charge in [-0.1, -0.05) is 31.4 Å². The van der Waals surface area contributed by atoms with Gasteiger partial charge in [0.25, 0.3) is 0 Å². The first-order valence-corrected chi connectivity index (χ1v) is 12.0. The van der Waals surface area contributed by atoms with Crippen LogP contribution < -0.4 is 10.2 Å². The van der Waals surface area contributed by atoms with E-state index in [4.69, 9.17) is 9.84 Å². The lowest BCUT2D eigenvalue weighted by Gasteiger charge is -2.28. The molecule has 10 heteroatoms. The maximum atomic E-state index is 12.6. The fourth-order valence-electron chi connectivity index (χ4n) is 4.77. The molecule has 2 aliphatic rings. The quantitative estimate of drug-likeness (QED) is 0.530. The van der Waals surface area contributed by atoms with Gasteiger partial charge in [-0.3, -0.25) is 0 Å². The minimum Gasteiger partial charge on any atom is -0.378 e. The van der Waals surface area contributed by atoms with Crippen LogP contribution in [0.2, 0.25) is 0 Å². The average Bonchev–Trinajstić information content (AvgIpc) is 3.23. The molecular formula is C24H29F3N6O. The normalized spacial score (nSPS) is 17.9. The van der Waals surface area contributed by atoms with Crippen LogP contribution in [0.5, 0.6) is 0 Å². The first-order valence-electron chi connectivity index (χ1n) is 12.0. The lowest BCUT2D eigenvalue weighted by molar-refractivity contribution is -0.131. The summed E-state index contributed by atoms with van der Waals surface area (Å²) < 4.78 is 45.1. The van der Waals surface area contributed by atoms with Gasteiger partial charge in [-0.05, 0) is 25.0 Å². The summed E-state index contributed by atoms with van der Waals surface area (Å²) in [5.41, 5.74) is 3.59. The molecule has 1 saturated heterocycles. The zero-order valence-corrected chi connectivity index (χ0v) is 19.0. The number of hydrogen-bond acceptors (Lipinski definition) is 6. The highest BCUT2D eigenvalue weighted by molar-refractivity contribution is 5.91. The summed E-state index contributed by atoms with van der Waals surface area (Å²) in [6.07, 6.45) is 2.05. The predicted octanol–water partition coefficient (Wildman–Crippen LogP) is 5.20. The molecule has 34 heavy (non-hydrogen) atoms. The molecule has 3 aromatic rings. The summed E-state index contributed by atoms with van der Waals surface area (Å²) in [5.74, 6) is 0.197. The number of halogens is 3. The third-order valence-electron chi connectivity index (χ3n) is 6.58. The molecule has 1 aliphatic heterocycles. The van der Waals surface area contributed by atoms with Crippen LogP contribution in [0.4, 0.5) is 24.8 Å². The van der Waals surface area contributed by atoms with Crippen LogP contribution in [0, 0.1) is 0 Å². The Morgan fingerprint density at radius 1 is 1.03 bits per heavy atom. The van der Waals surface area contributed by atoms with Crippen molar-refractivity contribution < 1.29 is 17.9 Å². The molecule has 3 heterocycles. The molecule has 0 atom stereocenters. The van der Waals surface area contributed by atoms with E-state index < -0.39 is 12.6 Å². The molecule has 7 nitrogen and oxygen atoms in total. The van der Waals surface area contributed by atoms with Crippen molar-refractivity contribution in [2.75, 3.05) is 43.1 Å². The van der Waals surface area contributed by atoms with E-state index in [0.29, 0.717) is 5.65 Å². The molecule has 2 aromatic heterocycles. The van der Waals surface area contributed by atoms with Crippen LogP contribution in [0.3, 0.4) is 0 Å². The van der Waals surface area contributed by atoms with Crippen LogP contribution >= 0.6 is 0 Å². The first kappa shape index (κ1) is 22.9. The van der Waals surface area contributed by atoms with E-state index >= 15 is 0 Å². The Kier molecular flexibility index (Phi) is 6.58. The summed E-state index contributed by atoms with van der Waals surface area (Å²) in [4.78, 5) is 11.2. The maximum Gasteiger partial charge on any atom is 0.390 e. The number of benzene rings is 1. The van der Waals surface area contributed by atoms with E-state index in [9.17, 15) is 13.2 Å². The Balaban J connectivity index is 1.46. The van der Waals surface area contributed by atoms with Crippen molar-refractivity contribution in [1.29, 1.82) is 0 Å². The van der Waals surface area contributed by atoms with Crippen LogP contribution in [0.1, 0.15) is 44.6 Å². The zero-order valence-electron chi connectivity index (χ0n) is 19.0. The highest BCUT2D eigenvalue weighted by Gasteiger charge is 2.27. The molecule has 0 radical (unpaired) electrons. The van der Waals surface area contributed by atoms with Crippen LogP contribution in [-0.4, -0.2) is 58.8 Å². The Labute approximate surface area is 196 Å². The maximum absolute atomic E-state index is 12.6. The number of hydrogen-bond donors (Lipinski definition) is 1. The largest absolute Gasteiger partial charge is 0.390 e. The number of aromatic nitrogens is 4. The lowest BCUT2D eigenvalue weighted by atomic mass is 9.96. The number of alkyl halides is 3. The van der Waals surface area contributed by atoms with Gasteiger partial charge < -0.3 is 15.0 Å². The van der Waals surface area contributed by atoms with Crippen LogP contribution in [0.25, 0.3) is 22.3 Å². The number of ether oxygens (including phenoxy) is 1. The number of rotatable bonds is 6. The molecule has 0 bridgehead atoms. The van der Waals surface area contributed by atoms with E-state index in [0.717, 1.165) is 74.3 Å². The van der Waals surface area contributed by atoms with Gasteiger partial charge in [0.1, 0.15) is 5.69 Å². The lowest BCUT2D eigenvalue weighted by Crippen LogP contribution is -2.36. The Morgan fingerprint density at radius 3 is 2.47 bits per heavy atom.